The van der Waals surface area contributed by atoms with Gasteiger partial charge in [0.2, 0.25) is 0 Å². The summed E-state index contributed by atoms with van der Waals surface area (Å²) in [7, 11) is 0. The number of ether oxygens (including phenoxy) is 2. The number of para-hydroxylation sites is 1. The average Bonchev–Trinajstić information content (AvgIpc) is 3.18. The van der Waals surface area contributed by atoms with Crippen molar-refractivity contribution in [3.05, 3.63) is 71.7 Å². The number of hydrogen-bond donors (Lipinski definition) is 2. The second-order valence-corrected chi connectivity index (χ2v) is 7.79. The topological polar surface area (TPSA) is 97.5 Å². The number of aromatic nitrogens is 1. The number of benzene rings is 2. The third-order valence-electron chi connectivity index (χ3n) is 4.74. The van der Waals surface area contributed by atoms with E-state index in [0.29, 0.717) is 0 Å². The van der Waals surface area contributed by atoms with Crippen LogP contribution in [-0.4, -0.2) is 42.1 Å². The van der Waals surface area contributed by atoms with E-state index >= 15 is 0 Å². The molecule has 32 heavy (non-hydrogen) atoms. The van der Waals surface area contributed by atoms with Gasteiger partial charge in [0.25, 0.3) is 0 Å². The summed E-state index contributed by atoms with van der Waals surface area (Å²) in [4.78, 5) is 40.3. The Kier molecular flexibility index (Phi) is 7.59. The number of alkyl carbamates (subject to hydrolysis) is 1. The minimum Gasteiger partial charge on any atom is -0.456 e. The minimum absolute atomic E-state index is 0.132. The third-order valence-corrected chi connectivity index (χ3v) is 4.74. The number of fused-ring (bicyclic) bond motifs is 1. The van der Waals surface area contributed by atoms with Crippen LogP contribution in [0.4, 0.5) is 9.18 Å². The lowest BCUT2D eigenvalue weighted by molar-refractivity contribution is -0.144. The number of Topliss-reactive ketones (excluding diaryl/α,β-unsaturated/α-hetero) is 1. The van der Waals surface area contributed by atoms with Crippen LogP contribution in [0.3, 0.4) is 0 Å². The molecule has 0 aliphatic heterocycles. The van der Waals surface area contributed by atoms with E-state index in [4.69, 9.17) is 9.47 Å². The van der Waals surface area contributed by atoms with Crippen LogP contribution in [0, 0.1) is 11.7 Å². The molecular formula is C24H25FN2O5. The molecule has 0 fully saturated rings. The van der Waals surface area contributed by atoms with Gasteiger partial charge in [-0.25, -0.2) is 14.0 Å². The van der Waals surface area contributed by atoms with Crippen LogP contribution in [0.1, 0.15) is 29.8 Å². The highest BCUT2D eigenvalue weighted by atomic mass is 19.1. The molecule has 3 aromatic rings. The molecule has 0 saturated heterocycles. The number of aromatic amines is 1. The molecule has 2 aromatic carbocycles. The smallest absolute Gasteiger partial charge is 0.407 e. The van der Waals surface area contributed by atoms with Crippen LogP contribution >= 0.6 is 0 Å². The van der Waals surface area contributed by atoms with Gasteiger partial charge in [-0.1, -0.05) is 32.0 Å². The van der Waals surface area contributed by atoms with Crippen molar-refractivity contribution in [1.29, 1.82) is 0 Å². The number of hydrogen-bond acceptors (Lipinski definition) is 5. The molecule has 168 valence electrons. The molecule has 0 aliphatic rings. The Morgan fingerprint density at radius 2 is 1.75 bits per heavy atom. The monoisotopic (exact) mass is 440 g/mol. The van der Waals surface area contributed by atoms with Gasteiger partial charge in [-0.15, -0.1) is 0 Å². The van der Waals surface area contributed by atoms with E-state index in [1.165, 1.54) is 12.1 Å². The Bertz CT molecular complexity index is 1090. The van der Waals surface area contributed by atoms with Gasteiger partial charge in [0.15, 0.2) is 12.4 Å². The van der Waals surface area contributed by atoms with E-state index in [-0.39, 0.29) is 24.5 Å². The van der Waals surface area contributed by atoms with E-state index in [1.807, 2.05) is 38.1 Å². The van der Waals surface area contributed by atoms with Gasteiger partial charge >= 0.3 is 12.1 Å². The van der Waals surface area contributed by atoms with Gasteiger partial charge in [-0.3, -0.25) is 4.79 Å². The van der Waals surface area contributed by atoms with Crippen molar-refractivity contribution in [3.8, 4) is 0 Å². The summed E-state index contributed by atoms with van der Waals surface area (Å²) in [5.74, 6) is -1.59. The van der Waals surface area contributed by atoms with Crippen LogP contribution in [0.2, 0.25) is 0 Å². The Morgan fingerprint density at radius 3 is 2.47 bits per heavy atom. The standard InChI is InChI=1S/C24H25FN2O5/c1-15(2)13-32-24(30)27-21(11-17-12-26-20-6-4-3-5-19(17)20)23(29)31-14-22(28)16-7-9-18(25)10-8-16/h3-10,12,15,21,26H,11,13-14H2,1-2H3,(H,27,30)/t21-/m0/s1. The molecule has 1 atom stereocenters. The molecule has 0 bridgehead atoms. The largest absolute Gasteiger partial charge is 0.456 e. The first-order valence-corrected chi connectivity index (χ1v) is 10.3. The predicted octanol–water partition coefficient (Wildman–Crippen LogP) is 4.03. The Hall–Kier alpha value is -3.68. The number of esters is 1. The van der Waals surface area contributed by atoms with Crippen molar-refractivity contribution in [3.63, 3.8) is 0 Å². The van der Waals surface area contributed by atoms with Gasteiger partial charge in [-0.05, 0) is 41.8 Å². The molecule has 8 heteroatoms. The van der Waals surface area contributed by atoms with Gasteiger partial charge in [0.1, 0.15) is 11.9 Å². The van der Waals surface area contributed by atoms with Crippen molar-refractivity contribution in [2.24, 2.45) is 5.92 Å². The van der Waals surface area contributed by atoms with E-state index < -0.39 is 36.3 Å². The summed E-state index contributed by atoms with van der Waals surface area (Å²) in [6, 6.07) is 11.4. The highest BCUT2D eigenvalue weighted by molar-refractivity contribution is 5.98. The summed E-state index contributed by atoms with van der Waals surface area (Å²) in [6.45, 7) is 3.46. The van der Waals surface area contributed by atoms with Gasteiger partial charge in [0.05, 0.1) is 6.61 Å². The Balaban J connectivity index is 1.70. The lowest BCUT2D eigenvalue weighted by Crippen LogP contribution is -2.44. The highest BCUT2D eigenvalue weighted by Gasteiger charge is 2.26. The fraction of sp³-hybridized carbons (Fsp3) is 0.292. The highest BCUT2D eigenvalue weighted by Crippen LogP contribution is 2.19. The van der Waals surface area contributed by atoms with Crippen molar-refractivity contribution < 1.29 is 28.2 Å². The van der Waals surface area contributed by atoms with Crippen LogP contribution in [0.25, 0.3) is 10.9 Å². The van der Waals surface area contributed by atoms with E-state index in [9.17, 15) is 18.8 Å². The van der Waals surface area contributed by atoms with E-state index in [2.05, 4.69) is 10.3 Å². The maximum Gasteiger partial charge on any atom is 0.407 e. The molecule has 0 spiro atoms. The van der Waals surface area contributed by atoms with E-state index in [1.54, 1.807) is 6.20 Å². The molecule has 1 amide bonds. The fourth-order valence-corrected chi connectivity index (χ4v) is 3.10. The quantitative estimate of drug-likeness (QED) is 0.387. The zero-order valence-corrected chi connectivity index (χ0v) is 17.9. The maximum absolute atomic E-state index is 13.0. The summed E-state index contributed by atoms with van der Waals surface area (Å²) in [5, 5.41) is 3.44. The molecule has 3 rings (SSSR count). The summed E-state index contributed by atoms with van der Waals surface area (Å²) in [6.07, 6.45) is 1.16. The van der Waals surface area contributed by atoms with Crippen molar-refractivity contribution >= 4 is 28.7 Å². The molecule has 0 saturated carbocycles. The van der Waals surface area contributed by atoms with E-state index in [0.717, 1.165) is 28.6 Å². The van der Waals surface area contributed by atoms with Gasteiger partial charge < -0.3 is 19.8 Å². The maximum atomic E-state index is 13.0. The number of ketones is 1. The first-order valence-electron chi connectivity index (χ1n) is 10.3. The Morgan fingerprint density at radius 1 is 1.03 bits per heavy atom. The molecule has 2 N–H and O–H groups in total. The number of amides is 1. The molecule has 0 aliphatic carbocycles. The molecule has 7 nitrogen and oxygen atoms in total. The van der Waals surface area contributed by atoms with Gasteiger partial charge in [0, 0.05) is 29.1 Å². The zero-order valence-electron chi connectivity index (χ0n) is 17.9. The molecule has 1 aromatic heterocycles. The number of halogens is 1. The number of carbonyl (C=O) groups is 3. The number of H-pyrrole nitrogens is 1. The fourth-order valence-electron chi connectivity index (χ4n) is 3.10. The number of nitrogens with one attached hydrogen (secondary N) is 2. The second-order valence-electron chi connectivity index (χ2n) is 7.79. The van der Waals surface area contributed by atoms with Crippen molar-refractivity contribution in [1.82, 2.24) is 10.3 Å². The van der Waals surface area contributed by atoms with Crippen molar-refractivity contribution in [2.75, 3.05) is 13.2 Å². The third kappa shape index (κ3) is 6.16. The SMILES string of the molecule is CC(C)COC(=O)N[C@@H](Cc1c[nH]c2ccccc12)C(=O)OCC(=O)c1ccc(F)cc1. The molecule has 0 unspecified atom stereocenters. The van der Waals surface area contributed by atoms with Crippen LogP contribution < -0.4 is 5.32 Å². The summed E-state index contributed by atoms with van der Waals surface area (Å²) < 4.78 is 23.3. The molecular weight excluding hydrogens is 415 g/mol. The van der Waals surface area contributed by atoms with Crippen molar-refractivity contribution in [2.45, 2.75) is 26.3 Å². The Labute approximate surface area is 184 Å². The normalized spacial score (nSPS) is 11.9. The lowest BCUT2D eigenvalue weighted by Gasteiger charge is -2.18. The predicted molar refractivity (Wildman–Crippen MR) is 117 cm³/mol. The lowest BCUT2D eigenvalue weighted by atomic mass is 10.1. The van der Waals surface area contributed by atoms with Crippen LogP contribution in [0.5, 0.6) is 0 Å². The number of carbonyl (C=O) groups excluding carboxylic acids is 3. The van der Waals surface area contributed by atoms with Crippen LogP contribution in [-0.2, 0) is 20.7 Å². The first kappa shape index (κ1) is 23.0. The summed E-state index contributed by atoms with van der Waals surface area (Å²) in [5.41, 5.74) is 1.91. The van der Waals surface area contributed by atoms with Gasteiger partial charge in [-0.2, -0.15) is 0 Å². The zero-order chi connectivity index (χ0) is 23.1. The average molecular weight is 440 g/mol. The molecule has 0 radical (unpaired) electrons. The summed E-state index contributed by atoms with van der Waals surface area (Å²) >= 11 is 0. The first-order chi connectivity index (χ1) is 15.3. The minimum atomic E-state index is -1.06. The second kappa shape index (κ2) is 10.6. The molecule has 1 heterocycles. The van der Waals surface area contributed by atoms with Crippen LogP contribution in [0.15, 0.2) is 54.7 Å². The number of rotatable bonds is 9.